The van der Waals surface area contributed by atoms with E-state index in [0.717, 1.165) is 24.2 Å². The quantitative estimate of drug-likeness (QED) is 0.891. The van der Waals surface area contributed by atoms with E-state index in [1.54, 1.807) is 26.8 Å². The third-order valence-corrected chi connectivity index (χ3v) is 6.50. The fraction of sp³-hybridized carbons (Fsp3) is 0.562. The van der Waals surface area contributed by atoms with Crippen LogP contribution in [-0.4, -0.2) is 27.7 Å². The van der Waals surface area contributed by atoms with Gasteiger partial charge in [-0.05, 0) is 57.7 Å². The van der Waals surface area contributed by atoms with E-state index in [4.69, 9.17) is 4.74 Å². The van der Waals surface area contributed by atoms with Crippen LogP contribution in [0.2, 0.25) is 0 Å². The Morgan fingerprint density at radius 1 is 1.39 bits per heavy atom. The average Bonchev–Trinajstić information content (AvgIpc) is 3.16. The molecule has 0 spiro atoms. The summed E-state index contributed by atoms with van der Waals surface area (Å²) >= 11 is 0. The molecule has 1 aromatic carbocycles. The number of carbonyl (C=O) groups is 1. The van der Waals surface area contributed by atoms with Gasteiger partial charge in [0.05, 0.1) is 14.6 Å². The molecule has 3 rings (SSSR count). The molecule has 1 aliphatic heterocycles. The number of amides is 1. The fourth-order valence-electron chi connectivity index (χ4n) is 2.60. The summed E-state index contributed by atoms with van der Waals surface area (Å²) in [6.07, 6.45) is 1.19. The summed E-state index contributed by atoms with van der Waals surface area (Å²) in [5, 5.41) is 2.85. The van der Waals surface area contributed by atoms with E-state index in [-0.39, 0.29) is 10.1 Å². The van der Waals surface area contributed by atoms with Crippen LogP contribution in [0.25, 0.3) is 0 Å². The van der Waals surface area contributed by atoms with Crippen molar-refractivity contribution in [1.29, 1.82) is 0 Å². The maximum Gasteiger partial charge on any atom is 0.442 e. The van der Waals surface area contributed by atoms with Crippen molar-refractivity contribution in [3.8, 4) is 0 Å². The van der Waals surface area contributed by atoms with Crippen molar-refractivity contribution in [2.45, 2.75) is 55.8 Å². The molecule has 0 radical (unpaired) electrons. The van der Waals surface area contributed by atoms with Gasteiger partial charge in [-0.25, -0.2) is 13.4 Å². The Morgan fingerprint density at radius 3 is 2.70 bits per heavy atom. The average molecular weight is 340 g/mol. The Bertz CT molecular complexity index is 772. The van der Waals surface area contributed by atoms with E-state index < -0.39 is 27.2 Å². The van der Waals surface area contributed by atoms with Gasteiger partial charge in [-0.1, -0.05) is 0 Å². The third kappa shape index (κ3) is 3.34. The monoisotopic (exact) mass is 340 g/mol. The number of ether oxygens (including phenoxy) is 1. The van der Waals surface area contributed by atoms with Crippen LogP contribution in [0.3, 0.4) is 0 Å². The molecule has 1 fully saturated rings. The van der Waals surface area contributed by atoms with E-state index in [1.807, 2.05) is 0 Å². The first-order valence-corrected chi connectivity index (χ1v) is 9.32. The highest BCUT2D eigenvalue weighted by Crippen LogP contribution is 2.39. The summed E-state index contributed by atoms with van der Waals surface area (Å²) in [7, 11) is -3.16. The predicted octanol–water partition coefficient (Wildman–Crippen LogP) is 3.72. The standard InChI is InChI=1S/C16H21FN2O3S/c1-16(2,3)22-15(20)19-23(21,11-4-5-11)14-9-13-10(6-7-18-13)8-12(14)17/h8-9,11,18H,4-7H2,1-3H3. The number of nitrogens with zero attached hydrogens (tertiary/aromatic N) is 1. The first-order valence-electron chi connectivity index (χ1n) is 7.74. The second-order valence-electron chi connectivity index (χ2n) is 6.96. The van der Waals surface area contributed by atoms with Crippen LogP contribution in [0.1, 0.15) is 39.2 Å². The maximum atomic E-state index is 14.5. The van der Waals surface area contributed by atoms with Crippen LogP contribution >= 0.6 is 0 Å². The first kappa shape index (κ1) is 16.2. The van der Waals surface area contributed by atoms with Crippen LogP contribution in [-0.2, 0) is 20.9 Å². The summed E-state index contributed by atoms with van der Waals surface area (Å²) in [6.45, 7) is 5.85. The summed E-state index contributed by atoms with van der Waals surface area (Å²) in [6, 6.07) is 2.95. The molecule has 2 aliphatic rings. The molecule has 0 bridgehead atoms. The molecule has 1 N–H and O–H groups in total. The van der Waals surface area contributed by atoms with E-state index in [0.29, 0.717) is 12.8 Å². The molecular weight excluding hydrogens is 319 g/mol. The first-order chi connectivity index (χ1) is 10.7. The van der Waals surface area contributed by atoms with Crippen molar-refractivity contribution in [1.82, 2.24) is 0 Å². The van der Waals surface area contributed by atoms with Gasteiger partial charge in [-0.15, -0.1) is 4.36 Å². The molecule has 0 aromatic heterocycles. The Hall–Kier alpha value is -1.63. The molecule has 7 heteroatoms. The number of halogens is 1. The van der Waals surface area contributed by atoms with Crippen molar-refractivity contribution in [3.63, 3.8) is 0 Å². The Kier molecular flexibility index (Phi) is 3.86. The third-order valence-electron chi connectivity index (χ3n) is 3.76. The molecular formula is C16H21FN2O3S. The lowest BCUT2D eigenvalue weighted by Gasteiger charge is -2.18. The molecule has 1 atom stereocenters. The molecule has 1 aromatic rings. The molecule has 1 unspecified atom stereocenters. The minimum absolute atomic E-state index is 0.0130. The van der Waals surface area contributed by atoms with Gasteiger partial charge in [-0.2, -0.15) is 0 Å². The number of anilines is 1. The number of nitrogens with one attached hydrogen (secondary N) is 1. The van der Waals surface area contributed by atoms with Gasteiger partial charge >= 0.3 is 6.09 Å². The lowest BCUT2D eigenvalue weighted by Crippen LogP contribution is -2.23. The highest BCUT2D eigenvalue weighted by atomic mass is 32.2. The Morgan fingerprint density at radius 2 is 2.09 bits per heavy atom. The molecule has 0 saturated heterocycles. The molecule has 1 saturated carbocycles. The van der Waals surface area contributed by atoms with Gasteiger partial charge in [0.2, 0.25) is 0 Å². The van der Waals surface area contributed by atoms with E-state index >= 15 is 0 Å². The zero-order valence-corrected chi connectivity index (χ0v) is 14.3. The fourth-order valence-corrected chi connectivity index (χ4v) is 4.87. The van der Waals surface area contributed by atoms with E-state index in [2.05, 4.69) is 9.68 Å². The lowest BCUT2D eigenvalue weighted by atomic mass is 10.2. The maximum absolute atomic E-state index is 14.5. The van der Waals surface area contributed by atoms with Gasteiger partial charge in [0.25, 0.3) is 0 Å². The van der Waals surface area contributed by atoms with Crippen LogP contribution in [0.15, 0.2) is 21.4 Å². The molecule has 1 amide bonds. The molecule has 23 heavy (non-hydrogen) atoms. The molecule has 5 nitrogen and oxygen atoms in total. The second kappa shape index (κ2) is 5.47. The van der Waals surface area contributed by atoms with Gasteiger partial charge < -0.3 is 10.1 Å². The number of hydrogen-bond acceptors (Lipinski definition) is 4. The summed E-state index contributed by atoms with van der Waals surface area (Å²) < 4.78 is 36.8. The van der Waals surface area contributed by atoms with Gasteiger partial charge in [0.1, 0.15) is 11.4 Å². The highest BCUT2D eigenvalue weighted by Gasteiger charge is 2.39. The van der Waals surface area contributed by atoms with E-state index in [1.165, 1.54) is 6.07 Å². The summed E-state index contributed by atoms with van der Waals surface area (Å²) in [5.74, 6) is -0.559. The summed E-state index contributed by atoms with van der Waals surface area (Å²) in [4.78, 5) is 12.0. The topological polar surface area (TPSA) is 67.8 Å². The summed E-state index contributed by atoms with van der Waals surface area (Å²) in [5.41, 5.74) is 0.901. The number of fused-ring (bicyclic) bond motifs is 1. The van der Waals surface area contributed by atoms with Crippen molar-refractivity contribution in [2.24, 2.45) is 4.36 Å². The van der Waals surface area contributed by atoms with Crippen LogP contribution in [0.5, 0.6) is 0 Å². The van der Waals surface area contributed by atoms with Crippen molar-refractivity contribution in [3.05, 3.63) is 23.5 Å². The lowest BCUT2D eigenvalue weighted by molar-refractivity contribution is 0.0607. The highest BCUT2D eigenvalue weighted by molar-refractivity contribution is 7.94. The SMILES string of the molecule is CC(C)(C)OC(=O)N=S(=O)(c1cc2c(cc1F)CCN2)C1CC1. The van der Waals surface area contributed by atoms with E-state index in [9.17, 15) is 13.4 Å². The second-order valence-corrected chi connectivity index (χ2v) is 9.38. The van der Waals surface area contributed by atoms with Crippen LogP contribution < -0.4 is 5.32 Å². The predicted molar refractivity (Wildman–Crippen MR) is 86.7 cm³/mol. The van der Waals surface area contributed by atoms with Crippen molar-refractivity contribution >= 4 is 21.5 Å². The van der Waals surface area contributed by atoms with Crippen LogP contribution in [0, 0.1) is 5.82 Å². The smallest absolute Gasteiger partial charge is 0.442 e. The van der Waals surface area contributed by atoms with Crippen LogP contribution in [0.4, 0.5) is 14.9 Å². The van der Waals surface area contributed by atoms with Crippen molar-refractivity contribution < 1.29 is 18.1 Å². The number of carbonyl (C=O) groups excluding carboxylic acids is 1. The molecule has 1 aliphatic carbocycles. The largest absolute Gasteiger partial charge is 0.442 e. The number of rotatable bonds is 2. The van der Waals surface area contributed by atoms with Crippen molar-refractivity contribution in [2.75, 3.05) is 11.9 Å². The molecule has 1 heterocycles. The van der Waals surface area contributed by atoms with Gasteiger partial charge in [0, 0.05) is 17.5 Å². The minimum Gasteiger partial charge on any atom is -0.442 e. The zero-order chi connectivity index (χ0) is 16.8. The Labute approximate surface area is 135 Å². The Balaban J connectivity index is 2.05. The zero-order valence-electron chi connectivity index (χ0n) is 13.5. The number of benzene rings is 1. The minimum atomic E-state index is -3.16. The van der Waals surface area contributed by atoms with Gasteiger partial charge in [-0.3, -0.25) is 0 Å². The number of hydrogen-bond donors (Lipinski definition) is 1. The normalized spacial score (nSPS) is 19.5. The molecule has 126 valence electrons. The van der Waals surface area contributed by atoms with Gasteiger partial charge in [0.15, 0.2) is 0 Å².